The number of carbonyl (C=O) groups excluding carboxylic acids is 2. The summed E-state index contributed by atoms with van der Waals surface area (Å²) in [4.78, 5) is 29.3. The van der Waals surface area contributed by atoms with E-state index in [2.05, 4.69) is 19.9 Å². The van der Waals surface area contributed by atoms with Crippen LogP contribution in [0.5, 0.6) is 0 Å². The first-order chi connectivity index (χ1) is 12.5. The number of para-hydroxylation sites is 1. The van der Waals surface area contributed by atoms with Gasteiger partial charge in [0.05, 0.1) is 0 Å². The summed E-state index contributed by atoms with van der Waals surface area (Å²) in [7, 11) is 1.81. The fraction of sp³-hybridized carbons (Fsp3) is 0.364. The van der Waals surface area contributed by atoms with Crippen LogP contribution in [-0.4, -0.2) is 36.3 Å². The third-order valence-electron chi connectivity index (χ3n) is 4.98. The van der Waals surface area contributed by atoms with E-state index in [-0.39, 0.29) is 17.9 Å². The number of anilines is 1. The van der Waals surface area contributed by atoms with Gasteiger partial charge in [0, 0.05) is 36.4 Å². The standard InChI is InChI=1S/C22H26N2O2/c1-4-5-13-23(3)21(25)18-10-8-11-19(15-18)22(26)24-16(2)14-17-9-6-7-12-20(17)24/h6-12,15-16H,4-5,13-14H2,1-3H3. The number of hydrogen-bond acceptors (Lipinski definition) is 2. The van der Waals surface area contributed by atoms with Crippen molar-refractivity contribution in [3.8, 4) is 0 Å². The van der Waals surface area contributed by atoms with Gasteiger partial charge in [-0.3, -0.25) is 9.59 Å². The normalized spacial score (nSPS) is 15.7. The topological polar surface area (TPSA) is 40.6 Å². The maximum Gasteiger partial charge on any atom is 0.258 e. The molecule has 0 fully saturated rings. The fourth-order valence-electron chi connectivity index (χ4n) is 3.52. The summed E-state index contributed by atoms with van der Waals surface area (Å²) in [6.45, 7) is 4.89. The molecule has 136 valence electrons. The molecule has 1 unspecified atom stereocenters. The number of nitrogens with zero attached hydrogens (tertiary/aromatic N) is 2. The van der Waals surface area contributed by atoms with Gasteiger partial charge in [0.1, 0.15) is 0 Å². The van der Waals surface area contributed by atoms with Crippen LogP contribution in [0.1, 0.15) is 53.0 Å². The van der Waals surface area contributed by atoms with Gasteiger partial charge >= 0.3 is 0 Å². The summed E-state index contributed by atoms with van der Waals surface area (Å²) in [5.41, 5.74) is 3.29. The van der Waals surface area contributed by atoms with Gasteiger partial charge in [-0.25, -0.2) is 0 Å². The lowest BCUT2D eigenvalue weighted by Gasteiger charge is -2.23. The van der Waals surface area contributed by atoms with Gasteiger partial charge < -0.3 is 9.80 Å². The molecule has 0 radical (unpaired) electrons. The van der Waals surface area contributed by atoms with E-state index in [9.17, 15) is 9.59 Å². The summed E-state index contributed by atoms with van der Waals surface area (Å²) in [6.07, 6.45) is 2.88. The van der Waals surface area contributed by atoms with Crippen LogP contribution < -0.4 is 4.90 Å². The third kappa shape index (κ3) is 3.50. The van der Waals surface area contributed by atoms with Crippen LogP contribution in [0.4, 0.5) is 5.69 Å². The van der Waals surface area contributed by atoms with Crippen LogP contribution in [-0.2, 0) is 6.42 Å². The molecule has 2 aromatic rings. The van der Waals surface area contributed by atoms with E-state index in [0.717, 1.165) is 31.5 Å². The quantitative estimate of drug-likeness (QED) is 0.813. The number of amides is 2. The second-order valence-corrected chi connectivity index (χ2v) is 7.02. The Hall–Kier alpha value is -2.62. The minimum absolute atomic E-state index is 0.0389. The van der Waals surface area contributed by atoms with Gasteiger partial charge in [0.15, 0.2) is 0 Å². The molecule has 2 amide bonds. The van der Waals surface area contributed by atoms with Crippen molar-refractivity contribution in [3.05, 3.63) is 65.2 Å². The Morgan fingerprint density at radius 3 is 2.62 bits per heavy atom. The predicted octanol–water partition coefficient (Wildman–Crippen LogP) is 4.15. The minimum Gasteiger partial charge on any atom is -0.342 e. The Morgan fingerprint density at radius 1 is 1.12 bits per heavy atom. The Morgan fingerprint density at radius 2 is 1.85 bits per heavy atom. The lowest BCUT2D eigenvalue weighted by molar-refractivity contribution is 0.0793. The van der Waals surface area contributed by atoms with Crippen molar-refractivity contribution in [1.82, 2.24) is 4.90 Å². The number of hydrogen-bond donors (Lipinski definition) is 0. The van der Waals surface area contributed by atoms with Crippen LogP contribution in [0.3, 0.4) is 0 Å². The number of fused-ring (bicyclic) bond motifs is 1. The highest BCUT2D eigenvalue weighted by Gasteiger charge is 2.31. The largest absolute Gasteiger partial charge is 0.342 e. The molecule has 2 aromatic carbocycles. The second kappa shape index (κ2) is 7.73. The molecular formula is C22H26N2O2. The van der Waals surface area contributed by atoms with Gasteiger partial charge in [0.25, 0.3) is 11.8 Å². The molecule has 0 bridgehead atoms. The number of carbonyl (C=O) groups is 2. The first-order valence-corrected chi connectivity index (χ1v) is 9.30. The molecular weight excluding hydrogens is 324 g/mol. The average Bonchev–Trinajstić information content (AvgIpc) is 3.00. The fourth-order valence-corrected chi connectivity index (χ4v) is 3.52. The zero-order valence-electron chi connectivity index (χ0n) is 15.7. The molecule has 0 saturated carbocycles. The molecule has 1 aliphatic heterocycles. The molecule has 1 atom stereocenters. The first-order valence-electron chi connectivity index (χ1n) is 9.30. The zero-order valence-corrected chi connectivity index (χ0v) is 15.7. The van der Waals surface area contributed by atoms with Gasteiger partial charge in [-0.05, 0) is 49.6 Å². The van der Waals surface area contributed by atoms with E-state index in [1.807, 2.05) is 30.1 Å². The van der Waals surface area contributed by atoms with Crippen LogP contribution in [0.2, 0.25) is 0 Å². The predicted molar refractivity (Wildman–Crippen MR) is 105 cm³/mol. The zero-order chi connectivity index (χ0) is 18.7. The van der Waals surface area contributed by atoms with Crippen molar-refractivity contribution in [1.29, 1.82) is 0 Å². The van der Waals surface area contributed by atoms with Crippen molar-refractivity contribution < 1.29 is 9.59 Å². The molecule has 0 aliphatic carbocycles. The molecule has 0 aromatic heterocycles. The minimum atomic E-state index is -0.0479. The number of benzene rings is 2. The SMILES string of the molecule is CCCCN(C)C(=O)c1cccc(C(=O)N2c3ccccc3CC2C)c1. The molecule has 0 saturated heterocycles. The van der Waals surface area contributed by atoms with Crippen molar-refractivity contribution >= 4 is 17.5 Å². The van der Waals surface area contributed by atoms with E-state index in [4.69, 9.17) is 0 Å². The molecule has 4 heteroatoms. The third-order valence-corrected chi connectivity index (χ3v) is 4.98. The van der Waals surface area contributed by atoms with Crippen molar-refractivity contribution in [2.24, 2.45) is 0 Å². The van der Waals surface area contributed by atoms with E-state index in [0.29, 0.717) is 11.1 Å². The maximum absolute atomic E-state index is 13.1. The molecule has 0 spiro atoms. The molecule has 3 rings (SSSR count). The Bertz CT molecular complexity index is 815. The summed E-state index contributed by atoms with van der Waals surface area (Å²) >= 11 is 0. The molecule has 26 heavy (non-hydrogen) atoms. The molecule has 1 aliphatic rings. The first kappa shape index (κ1) is 18.2. The Labute approximate surface area is 155 Å². The van der Waals surface area contributed by atoms with Crippen LogP contribution >= 0.6 is 0 Å². The van der Waals surface area contributed by atoms with E-state index in [1.54, 1.807) is 29.2 Å². The monoisotopic (exact) mass is 350 g/mol. The van der Waals surface area contributed by atoms with Crippen LogP contribution in [0.15, 0.2) is 48.5 Å². The Kier molecular flexibility index (Phi) is 5.40. The average molecular weight is 350 g/mol. The molecule has 1 heterocycles. The van der Waals surface area contributed by atoms with Crippen molar-refractivity contribution in [2.45, 2.75) is 39.2 Å². The second-order valence-electron chi connectivity index (χ2n) is 7.02. The highest BCUT2D eigenvalue weighted by molar-refractivity contribution is 6.09. The van der Waals surface area contributed by atoms with Gasteiger partial charge in [-0.2, -0.15) is 0 Å². The number of unbranched alkanes of at least 4 members (excludes halogenated alkanes) is 1. The summed E-state index contributed by atoms with van der Waals surface area (Å²) in [5, 5.41) is 0. The summed E-state index contributed by atoms with van der Waals surface area (Å²) in [6, 6.07) is 15.2. The maximum atomic E-state index is 13.1. The number of rotatable bonds is 5. The van der Waals surface area contributed by atoms with Crippen LogP contribution in [0.25, 0.3) is 0 Å². The Balaban J connectivity index is 1.84. The van der Waals surface area contributed by atoms with Gasteiger partial charge in [-0.15, -0.1) is 0 Å². The highest BCUT2D eigenvalue weighted by atomic mass is 16.2. The van der Waals surface area contributed by atoms with E-state index in [1.165, 1.54) is 5.56 Å². The lowest BCUT2D eigenvalue weighted by atomic mass is 10.1. The highest BCUT2D eigenvalue weighted by Crippen LogP contribution is 2.33. The smallest absolute Gasteiger partial charge is 0.258 e. The van der Waals surface area contributed by atoms with Gasteiger partial charge in [-0.1, -0.05) is 37.6 Å². The molecule has 0 N–H and O–H groups in total. The van der Waals surface area contributed by atoms with Gasteiger partial charge in [0.2, 0.25) is 0 Å². The lowest BCUT2D eigenvalue weighted by Crippen LogP contribution is -2.36. The summed E-state index contributed by atoms with van der Waals surface area (Å²) < 4.78 is 0. The van der Waals surface area contributed by atoms with Crippen molar-refractivity contribution in [3.63, 3.8) is 0 Å². The van der Waals surface area contributed by atoms with E-state index < -0.39 is 0 Å². The summed E-state index contributed by atoms with van der Waals surface area (Å²) in [5.74, 6) is -0.0868. The van der Waals surface area contributed by atoms with E-state index >= 15 is 0 Å². The van der Waals surface area contributed by atoms with Crippen LogP contribution in [0, 0.1) is 0 Å². The molecule has 4 nitrogen and oxygen atoms in total. The van der Waals surface area contributed by atoms with Crippen molar-refractivity contribution in [2.75, 3.05) is 18.5 Å².